The van der Waals surface area contributed by atoms with Gasteiger partial charge in [-0.2, -0.15) is 0 Å². The van der Waals surface area contributed by atoms with Crippen molar-refractivity contribution >= 4 is 21.6 Å². The summed E-state index contributed by atoms with van der Waals surface area (Å²) < 4.78 is 25.3. The lowest BCUT2D eigenvalue weighted by Gasteiger charge is -2.17. The van der Waals surface area contributed by atoms with Gasteiger partial charge in [0, 0.05) is 18.7 Å². The second-order valence-corrected chi connectivity index (χ2v) is 7.35. The number of rotatable bonds is 10. The van der Waals surface area contributed by atoms with Crippen molar-refractivity contribution in [2.75, 3.05) is 12.8 Å². The molecule has 0 aromatic heterocycles. The van der Waals surface area contributed by atoms with E-state index < -0.39 is 26.9 Å². The molecule has 8 nitrogen and oxygen atoms in total. The lowest BCUT2D eigenvalue weighted by Crippen LogP contribution is -2.47. The summed E-state index contributed by atoms with van der Waals surface area (Å²) >= 11 is 0. The number of non-ortho nitro benzene ring substituents is 1. The number of nitro benzene ring substituents is 1. The number of hydrogen-bond donors (Lipinski definition) is 2. The van der Waals surface area contributed by atoms with Crippen LogP contribution in [0.25, 0.3) is 0 Å². The van der Waals surface area contributed by atoms with E-state index in [9.17, 15) is 23.3 Å². The number of benzene rings is 1. The summed E-state index contributed by atoms with van der Waals surface area (Å²) in [5, 5.41) is 13.4. The summed E-state index contributed by atoms with van der Waals surface area (Å²) in [5.74, 6) is -0.408. The van der Waals surface area contributed by atoms with Crippen molar-refractivity contribution in [1.29, 1.82) is 0 Å². The maximum Gasteiger partial charge on any atom is 0.269 e. The second-order valence-electron chi connectivity index (χ2n) is 5.57. The zero-order valence-corrected chi connectivity index (χ0v) is 14.6. The summed E-state index contributed by atoms with van der Waals surface area (Å²) in [6, 6.07) is 4.72. The van der Waals surface area contributed by atoms with Crippen LogP contribution < -0.4 is 10.0 Å². The predicted octanol–water partition coefficient (Wildman–Crippen LogP) is 1.36. The summed E-state index contributed by atoms with van der Waals surface area (Å²) in [4.78, 5) is 22.4. The van der Waals surface area contributed by atoms with Gasteiger partial charge in [-0.25, -0.2) is 13.1 Å². The van der Waals surface area contributed by atoms with Gasteiger partial charge < -0.3 is 5.32 Å². The van der Waals surface area contributed by atoms with Crippen LogP contribution in [0.5, 0.6) is 0 Å². The number of unbranched alkanes of at least 4 members (excludes halogenated alkanes) is 2. The number of amides is 1. The maximum atomic E-state index is 12.2. The van der Waals surface area contributed by atoms with Crippen LogP contribution in [0, 0.1) is 10.1 Å². The highest BCUT2D eigenvalue weighted by molar-refractivity contribution is 7.88. The van der Waals surface area contributed by atoms with Gasteiger partial charge in [-0.05, 0) is 18.4 Å². The number of carbonyl (C=O) groups excluding carboxylic acids is 1. The minimum absolute atomic E-state index is 0.0598. The Bertz CT molecular complexity index is 658. The van der Waals surface area contributed by atoms with Gasteiger partial charge in [-0.3, -0.25) is 14.9 Å². The van der Waals surface area contributed by atoms with Crippen LogP contribution in [0.4, 0.5) is 5.69 Å². The van der Waals surface area contributed by atoms with Gasteiger partial charge in [0.1, 0.15) is 6.04 Å². The highest BCUT2D eigenvalue weighted by Gasteiger charge is 2.22. The van der Waals surface area contributed by atoms with E-state index in [-0.39, 0.29) is 12.1 Å². The maximum absolute atomic E-state index is 12.2. The predicted molar refractivity (Wildman–Crippen MR) is 91.1 cm³/mol. The zero-order valence-electron chi connectivity index (χ0n) is 13.8. The number of nitro groups is 1. The van der Waals surface area contributed by atoms with E-state index in [0.717, 1.165) is 25.5 Å². The van der Waals surface area contributed by atoms with Gasteiger partial charge in [0.2, 0.25) is 15.9 Å². The van der Waals surface area contributed by atoms with Gasteiger partial charge in [0.05, 0.1) is 11.2 Å². The van der Waals surface area contributed by atoms with Crippen molar-refractivity contribution < 1.29 is 18.1 Å². The minimum Gasteiger partial charge on any atom is -0.355 e. The molecule has 0 bridgehead atoms. The fourth-order valence-corrected chi connectivity index (χ4v) is 2.85. The molecule has 0 radical (unpaired) electrons. The molecule has 0 spiro atoms. The van der Waals surface area contributed by atoms with Crippen molar-refractivity contribution in [2.24, 2.45) is 0 Å². The fraction of sp³-hybridized carbons (Fsp3) is 0.533. The monoisotopic (exact) mass is 357 g/mol. The number of nitrogens with one attached hydrogen (secondary N) is 2. The van der Waals surface area contributed by atoms with Crippen molar-refractivity contribution in [1.82, 2.24) is 10.0 Å². The van der Waals surface area contributed by atoms with Gasteiger partial charge >= 0.3 is 0 Å². The first-order valence-corrected chi connectivity index (χ1v) is 9.60. The molecule has 0 aliphatic carbocycles. The average Bonchev–Trinajstić information content (AvgIpc) is 2.50. The molecule has 2 N–H and O–H groups in total. The van der Waals surface area contributed by atoms with E-state index in [4.69, 9.17) is 0 Å². The van der Waals surface area contributed by atoms with Crippen molar-refractivity contribution in [3.05, 3.63) is 39.9 Å². The lowest BCUT2D eigenvalue weighted by molar-refractivity contribution is -0.384. The normalized spacial score (nSPS) is 12.6. The van der Waals surface area contributed by atoms with Crippen LogP contribution in [0.1, 0.15) is 31.7 Å². The molecule has 0 aliphatic heterocycles. The molecule has 0 aliphatic rings. The number of sulfonamides is 1. The summed E-state index contributed by atoms with van der Waals surface area (Å²) in [6.07, 6.45) is 3.92. The van der Waals surface area contributed by atoms with E-state index in [1.165, 1.54) is 24.3 Å². The summed E-state index contributed by atoms with van der Waals surface area (Å²) in [6.45, 7) is 2.53. The summed E-state index contributed by atoms with van der Waals surface area (Å²) in [5.41, 5.74) is 0.570. The molecule has 1 aromatic rings. The molecule has 24 heavy (non-hydrogen) atoms. The molecular weight excluding hydrogens is 334 g/mol. The highest BCUT2D eigenvalue weighted by Crippen LogP contribution is 2.13. The van der Waals surface area contributed by atoms with Gasteiger partial charge in [-0.15, -0.1) is 0 Å². The molecule has 1 atom stereocenters. The molecule has 1 rings (SSSR count). The first-order chi connectivity index (χ1) is 11.2. The minimum atomic E-state index is -3.56. The van der Waals surface area contributed by atoms with Crippen molar-refractivity contribution in [3.63, 3.8) is 0 Å². The second kappa shape index (κ2) is 9.33. The molecule has 1 amide bonds. The van der Waals surface area contributed by atoms with Crippen molar-refractivity contribution in [3.8, 4) is 0 Å². The Morgan fingerprint density at radius 1 is 1.25 bits per heavy atom. The molecular formula is C15H23N3O5S. The first-order valence-electron chi connectivity index (χ1n) is 7.71. The molecule has 0 saturated carbocycles. The van der Waals surface area contributed by atoms with Crippen LogP contribution in [0.2, 0.25) is 0 Å². The van der Waals surface area contributed by atoms with E-state index >= 15 is 0 Å². The molecule has 1 unspecified atom stereocenters. The van der Waals surface area contributed by atoms with Crippen LogP contribution >= 0.6 is 0 Å². The third-order valence-electron chi connectivity index (χ3n) is 3.34. The number of carbonyl (C=O) groups is 1. The van der Waals surface area contributed by atoms with Crippen LogP contribution in [-0.4, -0.2) is 38.1 Å². The highest BCUT2D eigenvalue weighted by atomic mass is 32.2. The Labute approximate surface area is 141 Å². The topological polar surface area (TPSA) is 118 Å². The lowest BCUT2D eigenvalue weighted by atomic mass is 10.1. The van der Waals surface area contributed by atoms with E-state index in [1.54, 1.807) is 0 Å². The Balaban J connectivity index is 2.77. The van der Waals surface area contributed by atoms with Gasteiger partial charge in [0.15, 0.2) is 0 Å². The Hall–Kier alpha value is -2.00. The van der Waals surface area contributed by atoms with Crippen LogP contribution in [-0.2, 0) is 21.2 Å². The van der Waals surface area contributed by atoms with Gasteiger partial charge in [-0.1, -0.05) is 31.9 Å². The molecule has 134 valence electrons. The third kappa shape index (κ3) is 7.51. The number of nitrogens with zero attached hydrogens (tertiary/aromatic N) is 1. The van der Waals surface area contributed by atoms with E-state index in [1.807, 2.05) is 6.92 Å². The smallest absolute Gasteiger partial charge is 0.269 e. The van der Waals surface area contributed by atoms with Gasteiger partial charge in [0.25, 0.3) is 5.69 Å². The molecule has 1 aromatic carbocycles. The standard InChI is InChI=1S/C15H23N3O5S/c1-3-4-5-10-16-15(19)14(17-24(2,22)23)11-12-6-8-13(9-7-12)18(20)21/h6-9,14,17H,3-5,10-11H2,1-2H3,(H,16,19). The van der Waals surface area contributed by atoms with E-state index in [0.29, 0.717) is 12.1 Å². The van der Waals surface area contributed by atoms with Crippen LogP contribution in [0.3, 0.4) is 0 Å². The third-order valence-corrected chi connectivity index (χ3v) is 4.05. The quantitative estimate of drug-likeness (QED) is 0.372. The van der Waals surface area contributed by atoms with Crippen LogP contribution in [0.15, 0.2) is 24.3 Å². The largest absolute Gasteiger partial charge is 0.355 e. The first kappa shape index (κ1) is 20.0. The molecule has 0 heterocycles. The fourth-order valence-electron chi connectivity index (χ4n) is 2.15. The summed E-state index contributed by atoms with van der Waals surface area (Å²) in [7, 11) is -3.56. The average molecular weight is 357 g/mol. The molecule has 9 heteroatoms. The Morgan fingerprint density at radius 2 is 1.88 bits per heavy atom. The van der Waals surface area contributed by atoms with E-state index in [2.05, 4.69) is 10.0 Å². The number of hydrogen-bond acceptors (Lipinski definition) is 5. The Morgan fingerprint density at radius 3 is 2.38 bits per heavy atom. The molecule has 0 fully saturated rings. The van der Waals surface area contributed by atoms with Crippen molar-refractivity contribution in [2.45, 2.75) is 38.6 Å². The zero-order chi connectivity index (χ0) is 18.2. The molecule has 0 saturated heterocycles. The SMILES string of the molecule is CCCCCNC(=O)C(Cc1ccc([N+](=O)[O-])cc1)NS(C)(=O)=O. The Kier molecular flexibility index (Phi) is 7.80.